The summed E-state index contributed by atoms with van der Waals surface area (Å²) in [6.45, 7) is 3.04. The van der Waals surface area contributed by atoms with Gasteiger partial charge in [-0.1, -0.05) is 29.8 Å². The molecular weight excluding hydrogens is 362 g/mol. The van der Waals surface area contributed by atoms with Crippen LogP contribution in [0.1, 0.15) is 5.82 Å². The minimum Gasteiger partial charge on any atom is -0.378 e. The van der Waals surface area contributed by atoms with Crippen molar-refractivity contribution in [2.75, 3.05) is 31.2 Å². The van der Waals surface area contributed by atoms with Gasteiger partial charge in [-0.3, -0.25) is 9.47 Å². The van der Waals surface area contributed by atoms with Gasteiger partial charge in [0.25, 0.3) is 0 Å². The lowest BCUT2D eigenvalue weighted by atomic mass is 10.2. The lowest BCUT2D eigenvalue weighted by Crippen LogP contribution is -2.40. The highest BCUT2D eigenvalue weighted by molar-refractivity contribution is 6.31. The first kappa shape index (κ1) is 16.4. The summed E-state index contributed by atoms with van der Waals surface area (Å²) in [5, 5.41) is 9.14. The highest BCUT2D eigenvalue weighted by Gasteiger charge is 2.28. The number of aromatic nitrogens is 3. The molecule has 3 aromatic rings. The molecule has 0 saturated carbocycles. The van der Waals surface area contributed by atoms with Gasteiger partial charge in [-0.25, -0.2) is 0 Å². The molecule has 136 valence electrons. The van der Waals surface area contributed by atoms with Crippen molar-refractivity contribution in [1.82, 2.24) is 19.7 Å². The number of rotatable bonds is 2. The molecule has 1 saturated heterocycles. The second-order valence-corrected chi connectivity index (χ2v) is 6.90. The zero-order valence-corrected chi connectivity index (χ0v) is 15.4. The topological polar surface area (TPSA) is 46.4 Å². The number of halogens is 1. The Morgan fingerprint density at radius 1 is 0.963 bits per heavy atom. The third-order valence-corrected chi connectivity index (χ3v) is 5.08. The monoisotopic (exact) mass is 379 g/mol. The van der Waals surface area contributed by atoms with Gasteiger partial charge >= 0.3 is 0 Å². The van der Waals surface area contributed by atoms with Gasteiger partial charge in [0.1, 0.15) is 12.1 Å². The molecule has 0 N–H and O–H groups in total. The van der Waals surface area contributed by atoms with Crippen LogP contribution >= 0.6 is 11.6 Å². The van der Waals surface area contributed by atoms with Crippen LogP contribution in [0.4, 0.5) is 11.4 Å². The fourth-order valence-corrected chi connectivity index (χ4v) is 3.75. The SMILES string of the molecule is Clc1ccc2c(c1)N(c1ccccc1)C(N1CCOCC1)=Cc1nncn1-2. The number of morpholine rings is 1. The van der Waals surface area contributed by atoms with Gasteiger partial charge in [-0.05, 0) is 30.3 Å². The first-order chi connectivity index (χ1) is 13.3. The molecule has 0 atom stereocenters. The van der Waals surface area contributed by atoms with Crippen LogP contribution in [0.5, 0.6) is 0 Å². The second-order valence-electron chi connectivity index (χ2n) is 6.47. The van der Waals surface area contributed by atoms with Crippen molar-refractivity contribution in [2.45, 2.75) is 0 Å². The summed E-state index contributed by atoms with van der Waals surface area (Å²) in [5.41, 5.74) is 3.05. The highest BCUT2D eigenvalue weighted by atomic mass is 35.5. The molecule has 7 heteroatoms. The van der Waals surface area contributed by atoms with E-state index in [0.29, 0.717) is 18.2 Å². The van der Waals surface area contributed by atoms with E-state index in [1.54, 1.807) is 6.33 Å². The van der Waals surface area contributed by atoms with E-state index >= 15 is 0 Å². The Kier molecular flexibility index (Phi) is 4.07. The summed E-state index contributed by atoms with van der Waals surface area (Å²) >= 11 is 6.40. The van der Waals surface area contributed by atoms with Gasteiger partial charge in [0.2, 0.25) is 0 Å². The summed E-state index contributed by atoms with van der Waals surface area (Å²) in [5.74, 6) is 1.83. The molecule has 1 fully saturated rings. The van der Waals surface area contributed by atoms with Gasteiger partial charge in [0.15, 0.2) is 5.82 Å². The van der Waals surface area contributed by atoms with Crippen molar-refractivity contribution in [2.24, 2.45) is 0 Å². The molecule has 2 aliphatic heterocycles. The number of anilines is 2. The van der Waals surface area contributed by atoms with Gasteiger partial charge < -0.3 is 9.64 Å². The smallest absolute Gasteiger partial charge is 0.164 e. The van der Waals surface area contributed by atoms with Crippen LogP contribution in [-0.4, -0.2) is 46.0 Å². The zero-order chi connectivity index (χ0) is 18.2. The average molecular weight is 380 g/mol. The minimum absolute atomic E-state index is 0.688. The Bertz CT molecular complexity index is 995. The molecule has 5 rings (SSSR count). The average Bonchev–Trinajstić information content (AvgIpc) is 3.12. The van der Waals surface area contributed by atoms with Crippen molar-refractivity contribution >= 4 is 29.1 Å². The predicted molar refractivity (Wildman–Crippen MR) is 105 cm³/mol. The quantitative estimate of drug-likeness (QED) is 0.679. The molecular formula is C20H18ClN5O. The number of hydrogen-bond donors (Lipinski definition) is 0. The van der Waals surface area contributed by atoms with E-state index < -0.39 is 0 Å². The van der Waals surface area contributed by atoms with Gasteiger partial charge in [-0.15, -0.1) is 10.2 Å². The Labute approximate surface area is 162 Å². The third-order valence-electron chi connectivity index (χ3n) is 4.85. The standard InChI is InChI=1S/C20H18ClN5O/c21-15-6-7-17-18(12-15)26(16-4-2-1-3-5-16)20(24-8-10-27-11-9-24)13-19-23-22-14-25(17)19/h1-7,12-14H,8-11H2. The molecule has 27 heavy (non-hydrogen) atoms. The van der Waals surface area contributed by atoms with E-state index in [2.05, 4.69) is 38.2 Å². The van der Waals surface area contributed by atoms with Crippen molar-refractivity contribution in [3.63, 3.8) is 0 Å². The van der Waals surface area contributed by atoms with Crippen LogP contribution in [0.3, 0.4) is 0 Å². The van der Waals surface area contributed by atoms with Crippen molar-refractivity contribution < 1.29 is 4.74 Å². The summed E-state index contributed by atoms with van der Waals surface area (Å²) in [6, 6.07) is 16.2. The van der Waals surface area contributed by atoms with Crippen LogP contribution in [0.2, 0.25) is 5.02 Å². The largest absolute Gasteiger partial charge is 0.378 e. The Balaban J connectivity index is 1.77. The molecule has 0 radical (unpaired) electrons. The van der Waals surface area contributed by atoms with Gasteiger partial charge in [0, 0.05) is 29.9 Å². The maximum atomic E-state index is 6.40. The van der Waals surface area contributed by atoms with Crippen molar-refractivity contribution in [3.8, 4) is 5.69 Å². The zero-order valence-electron chi connectivity index (χ0n) is 14.6. The van der Waals surface area contributed by atoms with Crippen molar-refractivity contribution in [3.05, 3.63) is 71.5 Å². The van der Waals surface area contributed by atoms with Gasteiger partial charge in [-0.2, -0.15) is 0 Å². The minimum atomic E-state index is 0.688. The Morgan fingerprint density at radius 2 is 1.78 bits per heavy atom. The number of ether oxygens (including phenoxy) is 1. The number of benzene rings is 2. The summed E-state index contributed by atoms with van der Waals surface area (Å²) < 4.78 is 7.56. The molecule has 2 aromatic carbocycles. The predicted octanol–water partition coefficient (Wildman–Crippen LogP) is 3.70. The maximum Gasteiger partial charge on any atom is 0.164 e. The first-order valence-corrected chi connectivity index (χ1v) is 9.28. The van der Waals surface area contributed by atoms with E-state index in [4.69, 9.17) is 16.3 Å². The van der Waals surface area contributed by atoms with E-state index in [-0.39, 0.29) is 0 Å². The third kappa shape index (κ3) is 2.87. The number of fused-ring (bicyclic) bond motifs is 3. The number of para-hydroxylation sites is 1. The molecule has 3 heterocycles. The molecule has 0 amide bonds. The maximum absolute atomic E-state index is 6.40. The highest BCUT2D eigenvalue weighted by Crippen LogP contribution is 2.40. The lowest BCUT2D eigenvalue weighted by Gasteiger charge is -2.37. The molecule has 0 unspecified atom stereocenters. The van der Waals surface area contributed by atoms with Crippen molar-refractivity contribution in [1.29, 1.82) is 0 Å². The normalized spacial score (nSPS) is 16.4. The van der Waals surface area contributed by atoms with Crippen LogP contribution in [0.15, 0.2) is 60.7 Å². The lowest BCUT2D eigenvalue weighted by molar-refractivity contribution is 0.0535. The second kappa shape index (κ2) is 6.72. The van der Waals surface area contributed by atoms with E-state index in [0.717, 1.165) is 41.8 Å². The van der Waals surface area contributed by atoms with E-state index in [9.17, 15) is 0 Å². The fraction of sp³-hybridized carbons (Fsp3) is 0.200. The summed E-state index contributed by atoms with van der Waals surface area (Å²) in [4.78, 5) is 4.56. The van der Waals surface area contributed by atoms with Crippen LogP contribution < -0.4 is 4.90 Å². The number of nitrogens with zero attached hydrogens (tertiary/aromatic N) is 5. The summed E-state index contributed by atoms with van der Waals surface area (Å²) in [6.07, 6.45) is 3.82. The van der Waals surface area contributed by atoms with Crippen LogP contribution in [0, 0.1) is 0 Å². The Hall–Kier alpha value is -2.83. The first-order valence-electron chi connectivity index (χ1n) is 8.91. The molecule has 6 nitrogen and oxygen atoms in total. The molecule has 0 aliphatic carbocycles. The molecule has 1 aromatic heterocycles. The van der Waals surface area contributed by atoms with Gasteiger partial charge in [0.05, 0.1) is 24.6 Å². The fourth-order valence-electron chi connectivity index (χ4n) is 3.58. The van der Waals surface area contributed by atoms with Crippen LogP contribution in [0.25, 0.3) is 11.8 Å². The molecule has 0 bridgehead atoms. The Morgan fingerprint density at radius 3 is 2.59 bits per heavy atom. The van der Waals surface area contributed by atoms with E-state index in [1.165, 1.54) is 0 Å². The summed E-state index contributed by atoms with van der Waals surface area (Å²) in [7, 11) is 0. The number of hydrogen-bond acceptors (Lipinski definition) is 5. The van der Waals surface area contributed by atoms with E-state index in [1.807, 2.05) is 41.0 Å². The molecule has 0 spiro atoms. The molecule has 2 aliphatic rings. The van der Waals surface area contributed by atoms with Crippen LogP contribution in [-0.2, 0) is 4.74 Å².